The number of amides is 1. The number of rotatable bonds is 7. The molecule has 2 aromatic rings. The van der Waals surface area contributed by atoms with Gasteiger partial charge in [0.2, 0.25) is 5.91 Å². The van der Waals surface area contributed by atoms with Crippen molar-refractivity contribution >= 4 is 41.2 Å². The molecule has 0 saturated heterocycles. The standard InChI is InChI=1S/C16H14ClN3O3S/c17-13-4-6-15(7-5-13)24-9-8-16(21)19-18-11-12-2-1-3-14(10-12)20(22)23/h1-7,10-11H,8-9H2,(H,19,21)/b18-11+. The summed E-state index contributed by atoms with van der Waals surface area (Å²) < 4.78 is 0. The van der Waals surface area contributed by atoms with Gasteiger partial charge in [0.15, 0.2) is 0 Å². The second-order valence-corrected chi connectivity index (χ2v) is 6.30. The molecular formula is C16H14ClN3O3S. The zero-order chi connectivity index (χ0) is 17.4. The number of thioether (sulfide) groups is 1. The topological polar surface area (TPSA) is 84.6 Å². The molecule has 8 heteroatoms. The van der Waals surface area contributed by atoms with Gasteiger partial charge in [0.05, 0.1) is 11.1 Å². The summed E-state index contributed by atoms with van der Waals surface area (Å²) in [6.07, 6.45) is 1.68. The van der Waals surface area contributed by atoms with Gasteiger partial charge in [-0.2, -0.15) is 5.10 Å². The van der Waals surface area contributed by atoms with E-state index in [-0.39, 0.29) is 11.6 Å². The lowest BCUT2D eigenvalue weighted by Gasteiger charge is -2.01. The summed E-state index contributed by atoms with van der Waals surface area (Å²) in [5.41, 5.74) is 2.92. The lowest BCUT2D eigenvalue weighted by Crippen LogP contribution is -2.17. The van der Waals surface area contributed by atoms with Crippen LogP contribution in [0.1, 0.15) is 12.0 Å². The first-order valence-electron chi connectivity index (χ1n) is 6.99. The van der Waals surface area contributed by atoms with Crippen LogP contribution < -0.4 is 5.43 Å². The molecule has 0 atom stereocenters. The smallest absolute Gasteiger partial charge is 0.270 e. The first-order chi connectivity index (χ1) is 11.5. The number of nitrogens with one attached hydrogen (secondary N) is 1. The summed E-state index contributed by atoms with van der Waals surface area (Å²) in [5.74, 6) is 0.387. The fraction of sp³-hybridized carbons (Fsp3) is 0.125. The molecule has 0 fully saturated rings. The lowest BCUT2D eigenvalue weighted by atomic mass is 10.2. The number of nitro benzene ring substituents is 1. The van der Waals surface area contributed by atoms with E-state index < -0.39 is 4.92 Å². The van der Waals surface area contributed by atoms with E-state index in [0.29, 0.717) is 22.8 Å². The van der Waals surface area contributed by atoms with Gasteiger partial charge in [-0.1, -0.05) is 23.7 Å². The van der Waals surface area contributed by atoms with E-state index in [1.807, 2.05) is 12.1 Å². The predicted molar refractivity (Wildman–Crippen MR) is 95.6 cm³/mol. The third kappa shape index (κ3) is 6.02. The van der Waals surface area contributed by atoms with Crippen LogP contribution in [-0.2, 0) is 4.79 Å². The van der Waals surface area contributed by atoms with Crippen molar-refractivity contribution in [1.82, 2.24) is 5.43 Å². The van der Waals surface area contributed by atoms with Gasteiger partial charge in [0, 0.05) is 39.8 Å². The van der Waals surface area contributed by atoms with Crippen LogP contribution in [0, 0.1) is 10.1 Å². The molecule has 24 heavy (non-hydrogen) atoms. The van der Waals surface area contributed by atoms with Crippen LogP contribution >= 0.6 is 23.4 Å². The van der Waals surface area contributed by atoms with Gasteiger partial charge >= 0.3 is 0 Å². The molecule has 0 radical (unpaired) electrons. The van der Waals surface area contributed by atoms with Crippen molar-refractivity contribution in [3.05, 3.63) is 69.2 Å². The molecule has 0 spiro atoms. The molecule has 2 aromatic carbocycles. The summed E-state index contributed by atoms with van der Waals surface area (Å²) in [6.45, 7) is 0. The molecule has 0 saturated carbocycles. The fourth-order valence-electron chi connectivity index (χ4n) is 1.75. The fourth-order valence-corrected chi connectivity index (χ4v) is 2.72. The minimum Gasteiger partial charge on any atom is -0.273 e. The largest absolute Gasteiger partial charge is 0.273 e. The second-order valence-electron chi connectivity index (χ2n) is 4.70. The van der Waals surface area contributed by atoms with Crippen LogP contribution in [0.2, 0.25) is 5.02 Å². The number of hydrazone groups is 1. The Balaban J connectivity index is 1.75. The number of halogens is 1. The average molecular weight is 364 g/mol. The van der Waals surface area contributed by atoms with Crippen molar-refractivity contribution in [1.29, 1.82) is 0 Å². The molecule has 0 aliphatic carbocycles. The normalized spacial score (nSPS) is 10.7. The molecule has 124 valence electrons. The zero-order valence-electron chi connectivity index (χ0n) is 12.5. The minimum absolute atomic E-state index is 0.0235. The van der Waals surface area contributed by atoms with Gasteiger partial charge < -0.3 is 0 Å². The monoisotopic (exact) mass is 363 g/mol. The number of hydrogen-bond acceptors (Lipinski definition) is 5. The van der Waals surface area contributed by atoms with Crippen molar-refractivity contribution in [2.24, 2.45) is 5.10 Å². The molecule has 1 amide bonds. The number of nitro groups is 1. The number of non-ortho nitro benzene ring substituents is 1. The maximum Gasteiger partial charge on any atom is 0.270 e. The molecule has 0 heterocycles. The highest BCUT2D eigenvalue weighted by molar-refractivity contribution is 7.99. The van der Waals surface area contributed by atoms with Gasteiger partial charge in [-0.3, -0.25) is 14.9 Å². The predicted octanol–water partition coefficient (Wildman–Crippen LogP) is 3.88. The highest BCUT2D eigenvalue weighted by Gasteiger charge is 2.04. The van der Waals surface area contributed by atoms with E-state index >= 15 is 0 Å². The Bertz CT molecular complexity index is 750. The van der Waals surface area contributed by atoms with Crippen molar-refractivity contribution in [3.63, 3.8) is 0 Å². The van der Waals surface area contributed by atoms with Crippen molar-refractivity contribution in [3.8, 4) is 0 Å². The SMILES string of the molecule is O=C(CCSc1ccc(Cl)cc1)N/N=C/c1cccc([N+](=O)[O-])c1. The third-order valence-electron chi connectivity index (χ3n) is 2.90. The summed E-state index contributed by atoms with van der Waals surface area (Å²) in [6, 6.07) is 13.4. The van der Waals surface area contributed by atoms with Gasteiger partial charge in [0.1, 0.15) is 0 Å². The molecule has 0 unspecified atom stereocenters. The number of carbonyl (C=O) groups is 1. The Morgan fingerprint density at radius 3 is 2.75 bits per heavy atom. The summed E-state index contributed by atoms with van der Waals surface area (Å²) in [7, 11) is 0. The highest BCUT2D eigenvalue weighted by Crippen LogP contribution is 2.20. The minimum atomic E-state index is -0.482. The highest BCUT2D eigenvalue weighted by atomic mass is 35.5. The number of hydrogen-bond donors (Lipinski definition) is 1. The van der Waals surface area contributed by atoms with Crippen molar-refractivity contribution < 1.29 is 9.72 Å². The molecule has 1 N–H and O–H groups in total. The Hall–Kier alpha value is -2.38. The van der Waals surface area contributed by atoms with Gasteiger partial charge in [0.25, 0.3) is 5.69 Å². The number of carbonyl (C=O) groups excluding carboxylic acids is 1. The van der Waals surface area contributed by atoms with E-state index in [1.165, 1.54) is 18.3 Å². The van der Waals surface area contributed by atoms with Gasteiger partial charge in [-0.25, -0.2) is 5.43 Å². The second kappa shape index (κ2) is 9.05. The Kier molecular flexibility index (Phi) is 6.77. The first-order valence-corrected chi connectivity index (χ1v) is 8.35. The molecule has 6 nitrogen and oxygen atoms in total. The Morgan fingerprint density at radius 2 is 2.04 bits per heavy atom. The van der Waals surface area contributed by atoms with E-state index in [2.05, 4.69) is 10.5 Å². The van der Waals surface area contributed by atoms with Crippen LogP contribution in [0.25, 0.3) is 0 Å². The summed E-state index contributed by atoms with van der Waals surface area (Å²) in [4.78, 5) is 22.9. The Morgan fingerprint density at radius 1 is 1.29 bits per heavy atom. The van der Waals surface area contributed by atoms with Crippen LogP contribution in [-0.4, -0.2) is 22.8 Å². The number of nitrogens with zero attached hydrogens (tertiary/aromatic N) is 2. The van der Waals surface area contributed by atoms with E-state index in [0.717, 1.165) is 4.90 Å². The van der Waals surface area contributed by atoms with E-state index in [9.17, 15) is 14.9 Å². The van der Waals surface area contributed by atoms with Crippen LogP contribution in [0.15, 0.2) is 58.5 Å². The van der Waals surface area contributed by atoms with Gasteiger partial charge in [-0.05, 0) is 24.3 Å². The van der Waals surface area contributed by atoms with E-state index in [4.69, 9.17) is 11.6 Å². The maximum absolute atomic E-state index is 11.7. The van der Waals surface area contributed by atoms with Crippen molar-refractivity contribution in [2.45, 2.75) is 11.3 Å². The van der Waals surface area contributed by atoms with Crippen molar-refractivity contribution in [2.75, 3.05) is 5.75 Å². The summed E-state index contributed by atoms with van der Waals surface area (Å²) >= 11 is 7.35. The average Bonchev–Trinajstić information content (AvgIpc) is 2.57. The molecule has 0 aromatic heterocycles. The molecule has 2 rings (SSSR count). The molecule has 0 aliphatic rings. The quantitative estimate of drug-likeness (QED) is 0.350. The third-order valence-corrected chi connectivity index (χ3v) is 4.16. The Labute approximate surface area is 148 Å². The first kappa shape index (κ1) is 18.0. The maximum atomic E-state index is 11.7. The lowest BCUT2D eigenvalue weighted by molar-refractivity contribution is -0.384. The molecule has 0 aliphatic heterocycles. The molecular weight excluding hydrogens is 350 g/mol. The van der Waals surface area contributed by atoms with Crippen LogP contribution in [0.5, 0.6) is 0 Å². The molecule has 0 bridgehead atoms. The van der Waals surface area contributed by atoms with Crippen LogP contribution in [0.4, 0.5) is 5.69 Å². The van der Waals surface area contributed by atoms with Crippen LogP contribution in [0.3, 0.4) is 0 Å². The zero-order valence-corrected chi connectivity index (χ0v) is 14.1. The van der Waals surface area contributed by atoms with Gasteiger partial charge in [-0.15, -0.1) is 11.8 Å². The number of benzene rings is 2. The van der Waals surface area contributed by atoms with E-state index in [1.54, 1.807) is 36.0 Å². The summed E-state index contributed by atoms with van der Waals surface area (Å²) in [5, 5.41) is 15.1.